The van der Waals surface area contributed by atoms with E-state index in [4.69, 9.17) is 0 Å². The van der Waals surface area contributed by atoms with Crippen LogP contribution in [-0.2, 0) is 4.79 Å². The molecule has 0 fully saturated rings. The van der Waals surface area contributed by atoms with Crippen LogP contribution in [0.15, 0.2) is 41.5 Å². The van der Waals surface area contributed by atoms with Gasteiger partial charge in [0.1, 0.15) is 0 Å². The molecule has 0 aliphatic heterocycles. The van der Waals surface area contributed by atoms with E-state index >= 15 is 0 Å². The minimum absolute atomic E-state index is 0.108. The van der Waals surface area contributed by atoms with Crippen LogP contribution in [0.25, 0.3) is 22.1 Å². The summed E-state index contributed by atoms with van der Waals surface area (Å²) in [6.45, 7) is 8.01. The van der Waals surface area contributed by atoms with Gasteiger partial charge in [0, 0.05) is 28.9 Å². The molecule has 0 radical (unpaired) electrons. The van der Waals surface area contributed by atoms with Crippen LogP contribution in [-0.4, -0.2) is 30.2 Å². The molecule has 3 heterocycles. The molecule has 162 valence electrons. The van der Waals surface area contributed by atoms with Crippen LogP contribution in [0.2, 0.25) is 0 Å². The Labute approximate surface area is 180 Å². The van der Waals surface area contributed by atoms with Gasteiger partial charge in [-0.15, -0.1) is 0 Å². The molecule has 1 aromatic carbocycles. The van der Waals surface area contributed by atoms with Crippen molar-refractivity contribution in [1.29, 1.82) is 0 Å². The highest BCUT2D eigenvalue weighted by molar-refractivity contribution is 5.87. The van der Waals surface area contributed by atoms with Crippen molar-refractivity contribution in [2.45, 2.75) is 59.0 Å². The molecule has 0 aliphatic carbocycles. The molecule has 7 heteroatoms. The van der Waals surface area contributed by atoms with Crippen molar-refractivity contribution >= 4 is 28.0 Å². The first-order valence-electron chi connectivity index (χ1n) is 10.7. The fraction of sp³-hybridized carbons (Fsp3) is 0.375. The van der Waals surface area contributed by atoms with Gasteiger partial charge >= 0.3 is 11.7 Å². The molecule has 0 saturated carbocycles. The minimum atomic E-state index is -0.918. The number of hydrogen-bond acceptors (Lipinski definition) is 3. The molecule has 2 atom stereocenters. The minimum Gasteiger partial charge on any atom is -0.481 e. The summed E-state index contributed by atoms with van der Waals surface area (Å²) in [4.78, 5) is 33.1. The zero-order valence-corrected chi connectivity index (χ0v) is 18.3. The number of aromatic nitrogens is 4. The second-order valence-electron chi connectivity index (χ2n) is 8.34. The number of aromatic amines is 1. The van der Waals surface area contributed by atoms with Crippen LogP contribution in [0, 0.1) is 13.8 Å². The van der Waals surface area contributed by atoms with E-state index in [2.05, 4.69) is 23.0 Å². The molecule has 31 heavy (non-hydrogen) atoms. The number of imidazole rings is 1. The molecule has 4 aromatic rings. The number of aryl methyl sites for hydroxylation is 2. The van der Waals surface area contributed by atoms with Crippen molar-refractivity contribution in [3.05, 3.63) is 63.8 Å². The number of aliphatic carboxylic acids is 1. The van der Waals surface area contributed by atoms with Crippen LogP contribution in [0.5, 0.6) is 0 Å². The van der Waals surface area contributed by atoms with E-state index in [1.165, 1.54) is 0 Å². The molecule has 0 saturated heterocycles. The third-order valence-corrected chi connectivity index (χ3v) is 6.06. The monoisotopic (exact) mass is 420 g/mol. The number of H-pyrrole nitrogens is 1. The van der Waals surface area contributed by atoms with E-state index in [-0.39, 0.29) is 18.2 Å². The molecular weight excluding hydrogens is 392 g/mol. The third-order valence-electron chi connectivity index (χ3n) is 6.06. The molecule has 4 rings (SSSR count). The van der Waals surface area contributed by atoms with Gasteiger partial charge in [0.2, 0.25) is 0 Å². The summed E-state index contributed by atoms with van der Waals surface area (Å²) in [6, 6.07) is 7.37. The molecule has 1 unspecified atom stereocenters. The number of carboxylic acids is 1. The second-order valence-corrected chi connectivity index (χ2v) is 8.34. The molecule has 0 aliphatic rings. The second kappa shape index (κ2) is 8.06. The zero-order valence-electron chi connectivity index (χ0n) is 18.3. The lowest BCUT2D eigenvalue weighted by Crippen LogP contribution is -2.30. The fourth-order valence-electron chi connectivity index (χ4n) is 4.65. The Morgan fingerprint density at radius 2 is 2.03 bits per heavy atom. The highest BCUT2D eigenvalue weighted by atomic mass is 16.4. The molecule has 0 bridgehead atoms. The largest absolute Gasteiger partial charge is 0.481 e. The molecule has 2 N–H and O–H groups in total. The Morgan fingerprint density at radius 3 is 2.74 bits per heavy atom. The molecule has 0 amide bonds. The lowest BCUT2D eigenvalue weighted by atomic mass is 10.0. The van der Waals surface area contributed by atoms with Crippen LogP contribution in [0.3, 0.4) is 0 Å². The summed E-state index contributed by atoms with van der Waals surface area (Å²) in [5.74, 6) is -0.918. The first-order valence-corrected chi connectivity index (χ1v) is 10.7. The highest BCUT2D eigenvalue weighted by Gasteiger charge is 2.26. The smallest absolute Gasteiger partial charge is 0.331 e. The molecule has 3 aromatic heterocycles. The Bertz CT molecular complexity index is 1330. The Balaban J connectivity index is 1.98. The summed E-state index contributed by atoms with van der Waals surface area (Å²) < 4.78 is 3.35. The van der Waals surface area contributed by atoms with E-state index < -0.39 is 12.0 Å². The first kappa shape index (κ1) is 20.9. The van der Waals surface area contributed by atoms with E-state index in [1.54, 1.807) is 15.3 Å². The van der Waals surface area contributed by atoms with Crippen LogP contribution < -0.4 is 5.69 Å². The SMILES string of the molecule is CCCC(CC(=O)O)n1c(=O)n([C@@H](C)c2c[nH]c3cccc(C)c23)c2cc(C)cnc21. The molecule has 0 spiro atoms. The highest BCUT2D eigenvalue weighted by Crippen LogP contribution is 2.31. The maximum absolute atomic E-state index is 13.7. The Hall–Kier alpha value is -3.35. The average molecular weight is 421 g/mol. The van der Waals surface area contributed by atoms with Crippen LogP contribution >= 0.6 is 0 Å². The number of carbonyl (C=O) groups is 1. The van der Waals surface area contributed by atoms with Gasteiger partial charge in [-0.3, -0.25) is 13.9 Å². The number of pyridine rings is 1. The standard InChI is InChI=1S/C24H28N4O3/c1-5-7-17(11-21(29)30)28-23-20(10-14(2)12-26-23)27(24(28)31)16(4)18-13-25-19-9-6-8-15(3)22(18)19/h6,8-10,12-13,16-17,25H,5,7,11H2,1-4H3,(H,29,30)/t16-,17?/m0/s1. The third kappa shape index (κ3) is 3.54. The van der Waals surface area contributed by atoms with E-state index in [0.717, 1.165) is 39.5 Å². The summed E-state index contributed by atoms with van der Waals surface area (Å²) in [6.07, 6.45) is 4.96. The van der Waals surface area contributed by atoms with E-state index in [0.29, 0.717) is 12.1 Å². The fourth-order valence-corrected chi connectivity index (χ4v) is 4.65. The summed E-state index contributed by atoms with van der Waals surface area (Å²) in [5.41, 5.74) is 5.20. The number of nitrogens with zero attached hydrogens (tertiary/aromatic N) is 3. The maximum atomic E-state index is 13.7. The topological polar surface area (TPSA) is 92.9 Å². The predicted octanol–water partition coefficient (Wildman–Crippen LogP) is 4.72. The number of fused-ring (bicyclic) bond motifs is 2. The van der Waals surface area contributed by atoms with Crippen molar-refractivity contribution in [3.63, 3.8) is 0 Å². The molecular formula is C24H28N4O3. The van der Waals surface area contributed by atoms with Gasteiger partial charge in [0.25, 0.3) is 0 Å². The Morgan fingerprint density at radius 1 is 1.26 bits per heavy atom. The van der Waals surface area contributed by atoms with Crippen molar-refractivity contribution in [1.82, 2.24) is 19.1 Å². The van der Waals surface area contributed by atoms with Crippen molar-refractivity contribution < 1.29 is 9.90 Å². The van der Waals surface area contributed by atoms with Crippen LogP contribution in [0.4, 0.5) is 0 Å². The molecule has 7 nitrogen and oxygen atoms in total. The number of benzene rings is 1. The average Bonchev–Trinajstić information content (AvgIpc) is 3.26. The van der Waals surface area contributed by atoms with Gasteiger partial charge in [-0.05, 0) is 50.5 Å². The maximum Gasteiger partial charge on any atom is 0.331 e. The van der Waals surface area contributed by atoms with Gasteiger partial charge < -0.3 is 10.1 Å². The van der Waals surface area contributed by atoms with Crippen molar-refractivity contribution in [3.8, 4) is 0 Å². The van der Waals surface area contributed by atoms with Crippen LogP contribution in [0.1, 0.15) is 61.9 Å². The van der Waals surface area contributed by atoms with Gasteiger partial charge in [0.05, 0.1) is 24.0 Å². The summed E-state index contributed by atoms with van der Waals surface area (Å²) in [5, 5.41) is 10.6. The lowest BCUT2D eigenvalue weighted by Gasteiger charge is -2.16. The van der Waals surface area contributed by atoms with Crippen molar-refractivity contribution in [2.75, 3.05) is 0 Å². The predicted molar refractivity (Wildman–Crippen MR) is 122 cm³/mol. The van der Waals surface area contributed by atoms with E-state index in [9.17, 15) is 14.7 Å². The quantitative estimate of drug-likeness (QED) is 0.452. The number of rotatable bonds is 7. The van der Waals surface area contributed by atoms with E-state index in [1.807, 2.05) is 45.2 Å². The lowest BCUT2D eigenvalue weighted by molar-refractivity contribution is -0.137. The summed E-state index contributed by atoms with van der Waals surface area (Å²) in [7, 11) is 0. The number of nitrogens with one attached hydrogen (secondary N) is 1. The summed E-state index contributed by atoms with van der Waals surface area (Å²) >= 11 is 0. The zero-order chi connectivity index (χ0) is 22.3. The normalized spacial score (nSPS) is 13.7. The Kier molecular flexibility index (Phi) is 5.43. The number of hydrogen-bond donors (Lipinski definition) is 2. The van der Waals surface area contributed by atoms with Gasteiger partial charge in [-0.25, -0.2) is 9.78 Å². The van der Waals surface area contributed by atoms with Gasteiger partial charge in [-0.2, -0.15) is 0 Å². The number of carboxylic acid groups (broad SMARTS) is 1. The van der Waals surface area contributed by atoms with Gasteiger partial charge in [-0.1, -0.05) is 25.5 Å². The first-order chi connectivity index (χ1) is 14.8. The van der Waals surface area contributed by atoms with Gasteiger partial charge in [0.15, 0.2) is 5.65 Å². The van der Waals surface area contributed by atoms with Crippen molar-refractivity contribution in [2.24, 2.45) is 0 Å².